The second-order valence-electron chi connectivity index (χ2n) is 6.70. The van der Waals surface area contributed by atoms with Crippen LogP contribution in [0.2, 0.25) is 0 Å². The highest BCUT2D eigenvalue weighted by Crippen LogP contribution is 2.24. The van der Waals surface area contributed by atoms with Crippen molar-refractivity contribution in [1.29, 1.82) is 0 Å². The Morgan fingerprint density at radius 1 is 0.900 bits per heavy atom. The van der Waals surface area contributed by atoms with Crippen molar-refractivity contribution in [2.75, 3.05) is 6.54 Å². The van der Waals surface area contributed by atoms with Crippen LogP contribution < -0.4 is 10.6 Å². The normalized spacial score (nSPS) is 28.9. The highest BCUT2D eigenvalue weighted by molar-refractivity contribution is 5.78. The molecule has 0 bridgehead atoms. The van der Waals surface area contributed by atoms with E-state index in [-0.39, 0.29) is 0 Å². The number of nitrogens with one attached hydrogen (secondary N) is 2. The fourth-order valence-electron chi connectivity index (χ4n) is 3.65. The van der Waals surface area contributed by atoms with E-state index < -0.39 is 0 Å². The predicted octanol–water partition coefficient (Wildman–Crippen LogP) is 3.38. The van der Waals surface area contributed by atoms with Gasteiger partial charge in [0.1, 0.15) is 0 Å². The van der Waals surface area contributed by atoms with Crippen molar-refractivity contribution in [1.82, 2.24) is 10.6 Å². The molecule has 3 heteroatoms. The Kier molecular flexibility index (Phi) is 6.85. The maximum Gasteiger partial charge on any atom is 0.223 e. The van der Waals surface area contributed by atoms with Gasteiger partial charge in [0.25, 0.3) is 0 Å². The molecule has 0 aliphatic heterocycles. The Morgan fingerprint density at radius 3 is 2.10 bits per heavy atom. The van der Waals surface area contributed by atoms with Crippen LogP contribution >= 0.6 is 0 Å². The molecule has 2 aliphatic rings. The second kappa shape index (κ2) is 8.66. The molecule has 2 saturated carbocycles. The molecule has 0 saturated heterocycles. The van der Waals surface area contributed by atoms with Crippen LogP contribution in [0.3, 0.4) is 0 Å². The molecule has 0 spiro atoms. The van der Waals surface area contributed by atoms with E-state index in [9.17, 15) is 4.79 Å². The van der Waals surface area contributed by atoms with Crippen molar-refractivity contribution in [2.24, 2.45) is 5.92 Å². The van der Waals surface area contributed by atoms with Crippen molar-refractivity contribution < 1.29 is 4.79 Å². The van der Waals surface area contributed by atoms with Gasteiger partial charge in [-0.3, -0.25) is 4.79 Å². The molecular formula is C17H32N2O. The Morgan fingerprint density at radius 2 is 1.50 bits per heavy atom. The molecule has 0 radical (unpaired) electrons. The molecule has 3 nitrogen and oxygen atoms in total. The molecule has 116 valence electrons. The number of hydrogen-bond donors (Lipinski definition) is 2. The standard InChI is InChI=1S/C17H32N2O/c1-2-13-18-15-9-11-16(12-10-15)19-17(20)14-7-5-3-4-6-8-14/h14-16,18H,2-13H2,1H3,(H,19,20). The van der Waals surface area contributed by atoms with Gasteiger partial charge in [-0.2, -0.15) is 0 Å². The summed E-state index contributed by atoms with van der Waals surface area (Å²) >= 11 is 0. The van der Waals surface area contributed by atoms with E-state index in [1.54, 1.807) is 0 Å². The van der Waals surface area contributed by atoms with Crippen molar-refractivity contribution in [2.45, 2.75) is 89.6 Å². The van der Waals surface area contributed by atoms with Crippen LogP contribution in [0.1, 0.15) is 77.6 Å². The molecule has 2 aliphatic carbocycles. The smallest absolute Gasteiger partial charge is 0.223 e. The Labute approximate surface area is 124 Å². The third kappa shape index (κ3) is 5.08. The average molecular weight is 280 g/mol. The zero-order valence-corrected chi connectivity index (χ0v) is 13.1. The van der Waals surface area contributed by atoms with Gasteiger partial charge in [-0.15, -0.1) is 0 Å². The fraction of sp³-hybridized carbons (Fsp3) is 0.941. The van der Waals surface area contributed by atoms with Gasteiger partial charge < -0.3 is 10.6 Å². The number of hydrogen-bond acceptors (Lipinski definition) is 2. The van der Waals surface area contributed by atoms with Gasteiger partial charge in [0.15, 0.2) is 0 Å². The molecule has 2 N–H and O–H groups in total. The molecule has 0 aromatic carbocycles. The van der Waals surface area contributed by atoms with Gasteiger partial charge >= 0.3 is 0 Å². The van der Waals surface area contributed by atoms with E-state index in [0.29, 0.717) is 23.9 Å². The van der Waals surface area contributed by atoms with Gasteiger partial charge in [-0.25, -0.2) is 0 Å². The minimum atomic E-state index is 0.299. The summed E-state index contributed by atoms with van der Waals surface area (Å²) in [5.41, 5.74) is 0. The summed E-state index contributed by atoms with van der Waals surface area (Å²) in [7, 11) is 0. The number of amides is 1. The summed E-state index contributed by atoms with van der Waals surface area (Å²) in [4.78, 5) is 12.3. The Hall–Kier alpha value is -0.570. The fourth-order valence-corrected chi connectivity index (χ4v) is 3.65. The lowest BCUT2D eigenvalue weighted by Crippen LogP contribution is -2.44. The molecule has 0 atom stereocenters. The molecule has 0 aromatic heterocycles. The highest BCUT2D eigenvalue weighted by Gasteiger charge is 2.25. The molecule has 1 amide bonds. The first-order chi connectivity index (χ1) is 9.79. The Bertz CT molecular complexity index is 277. The zero-order valence-electron chi connectivity index (χ0n) is 13.1. The highest BCUT2D eigenvalue weighted by atomic mass is 16.1. The maximum absolute atomic E-state index is 12.3. The zero-order chi connectivity index (χ0) is 14.2. The van der Waals surface area contributed by atoms with Crippen LogP contribution in [-0.4, -0.2) is 24.5 Å². The summed E-state index contributed by atoms with van der Waals surface area (Å²) in [6.45, 7) is 3.34. The number of rotatable bonds is 5. The van der Waals surface area contributed by atoms with E-state index >= 15 is 0 Å². The minimum absolute atomic E-state index is 0.299. The number of carbonyl (C=O) groups excluding carboxylic acids is 1. The van der Waals surface area contributed by atoms with Crippen molar-refractivity contribution in [3.8, 4) is 0 Å². The summed E-state index contributed by atoms with van der Waals surface area (Å²) in [6.07, 6.45) is 13.3. The van der Waals surface area contributed by atoms with Crippen LogP contribution in [0.25, 0.3) is 0 Å². The summed E-state index contributed by atoms with van der Waals surface area (Å²) < 4.78 is 0. The molecule has 2 fully saturated rings. The van der Waals surface area contributed by atoms with Crippen molar-refractivity contribution >= 4 is 5.91 Å². The largest absolute Gasteiger partial charge is 0.353 e. The summed E-state index contributed by atoms with van der Waals surface area (Å²) in [6, 6.07) is 1.12. The summed E-state index contributed by atoms with van der Waals surface area (Å²) in [5.74, 6) is 0.644. The topological polar surface area (TPSA) is 41.1 Å². The second-order valence-corrected chi connectivity index (χ2v) is 6.70. The van der Waals surface area contributed by atoms with E-state index in [1.807, 2.05) is 0 Å². The van der Waals surface area contributed by atoms with Gasteiger partial charge in [-0.05, 0) is 51.5 Å². The summed E-state index contributed by atoms with van der Waals surface area (Å²) in [5, 5.41) is 6.93. The van der Waals surface area contributed by atoms with Crippen LogP contribution in [0.15, 0.2) is 0 Å². The average Bonchev–Trinajstić information content (AvgIpc) is 2.75. The monoisotopic (exact) mass is 280 g/mol. The predicted molar refractivity (Wildman–Crippen MR) is 83.7 cm³/mol. The molecule has 0 unspecified atom stereocenters. The third-order valence-electron chi connectivity index (χ3n) is 4.98. The molecule has 20 heavy (non-hydrogen) atoms. The Balaban J connectivity index is 1.67. The molecule has 0 heterocycles. The first-order valence-electron chi connectivity index (χ1n) is 8.83. The third-order valence-corrected chi connectivity index (χ3v) is 4.98. The van der Waals surface area contributed by atoms with Crippen LogP contribution in [0.5, 0.6) is 0 Å². The first-order valence-corrected chi connectivity index (χ1v) is 8.83. The lowest BCUT2D eigenvalue weighted by atomic mass is 9.90. The van der Waals surface area contributed by atoms with E-state index in [2.05, 4.69) is 17.6 Å². The lowest BCUT2D eigenvalue weighted by Gasteiger charge is -2.30. The van der Waals surface area contributed by atoms with E-state index in [1.165, 1.54) is 44.9 Å². The van der Waals surface area contributed by atoms with Gasteiger partial charge in [0, 0.05) is 18.0 Å². The van der Waals surface area contributed by atoms with Gasteiger partial charge in [-0.1, -0.05) is 32.6 Å². The van der Waals surface area contributed by atoms with E-state index in [4.69, 9.17) is 0 Å². The van der Waals surface area contributed by atoms with Crippen LogP contribution in [0.4, 0.5) is 0 Å². The van der Waals surface area contributed by atoms with Crippen LogP contribution in [-0.2, 0) is 4.79 Å². The minimum Gasteiger partial charge on any atom is -0.353 e. The maximum atomic E-state index is 12.3. The SMILES string of the molecule is CCCNC1CCC(NC(=O)C2CCCCCC2)CC1. The molecule has 2 rings (SSSR count). The van der Waals surface area contributed by atoms with Crippen molar-refractivity contribution in [3.05, 3.63) is 0 Å². The quantitative estimate of drug-likeness (QED) is 0.758. The molecular weight excluding hydrogens is 248 g/mol. The van der Waals surface area contributed by atoms with Crippen molar-refractivity contribution in [3.63, 3.8) is 0 Å². The van der Waals surface area contributed by atoms with Gasteiger partial charge in [0.05, 0.1) is 0 Å². The van der Waals surface area contributed by atoms with Crippen LogP contribution in [0, 0.1) is 5.92 Å². The van der Waals surface area contributed by atoms with E-state index in [0.717, 1.165) is 32.2 Å². The lowest BCUT2D eigenvalue weighted by molar-refractivity contribution is -0.126. The number of carbonyl (C=O) groups is 1. The first kappa shape index (κ1) is 15.8. The van der Waals surface area contributed by atoms with Gasteiger partial charge in [0.2, 0.25) is 5.91 Å². The molecule has 0 aromatic rings.